The Kier molecular flexibility index (Phi) is 3.26. The molecule has 4 rings (SSSR count). The zero-order valence-electron chi connectivity index (χ0n) is 11.8. The highest BCUT2D eigenvalue weighted by molar-refractivity contribution is 8.04. The molecule has 2 aliphatic heterocycles. The van der Waals surface area contributed by atoms with Crippen LogP contribution in [0.4, 0.5) is 5.69 Å². The number of para-hydroxylation sites is 1. The van der Waals surface area contributed by atoms with E-state index in [1.54, 1.807) is 11.8 Å². The van der Waals surface area contributed by atoms with Crippen LogP contribution in [-0.4, -0.2) is 24.2 Å². The van der Waals surface area contributed by atoms with Crippen LogP contribution in [0.15, 0.2) is 40.8 Å². The molecule has 0 atom stereocenters. The highest BCUT2D eigenvalue weighted by Gasteiger charge is 2.27. The minimum atomic E-state index is 0.111. The standard InChI is InChI=1S/C17H18N2OS/c20-17(19-12-5-6-12)16-9-11-7-8-18-15-4-2-1-3-13(15)14(11)10-21-16/h1-4,9,12,18H,5-8,10H2,(H,19,20). The van der Waals surface area contributed by atoms with Crippen LogP contribution in [0.5, 0.6) is 0 Å². The van der Waals surface area contributed by atoms with Gasteiger partial charge < -0.3 is 10.6 Å². The number of anilines is 1. The summed E-state index contributed by atoms with van der Waals surface area (Å²) >= 11 is 1.66. The van der Waals surface area contributed by atoms with Gasteiger partial charge >= 0.3 is 0 Å². The monoisotopic (exact) mass is 298 g/mol. The molecule has 0 bridgehead atoms. The third-order valence-corrected chi connectivity index (χ3v) is 5.21. The van der Waals surface area contributed by atoms with Gasteiger partial charge in [0.05, 0.1) is 4.91 Å². The molecule has 0 saturated heterocycles. The lowest BCUT2D eigenvalue weighted by atomic mass is 9.98. The van der Waals surface area contributed by atoms with Gasteiger partial charge in [0.15, 0.2) is 0 Å². The number of thioether (sulfide) groups is 1. The van der Waals surface area contributed by atoms with Gasteiger partial charge in [0.1, 0.15) is 0 Å². The van der Waals surface area contributed by atoms with Crippen molar-refractivity contribution in [3.63, 3.8) is 0 Å². The Morgan fingerprint density at radius 3 is 3.00 bits per heavy atom. The van der Waals surface area contributed by atoms with Crippen molar-refractivity contribution in [1.82, 2.24) is 5.32 Å². The number of carbonyl (C=O) groups is 1. The van der Waals surface area contributed by atoms with Crippen molar-refractivity contribution in [1.29, 1.82) is 0 Å². The molecule has 108 valence electrons. The molecule has 1 aliphatic carbocycles. The van der Waals surface area contributed by atoms with E-state index < -0.39 is 0 Å². The number of benzene rings is 1. The smallest absolute Gasteiger partial charge is 0.257 e. The van der Waals surface area contributed by atoms with Crippen molar-refractivity contribution < 1.29 is 4.79 Å². The fraction of sp³-hybridized carbons (Fsp3) is 0.353. The molecule has 0 aromatic heterocycles. The summed E-state index contributed by atoms with van der Waals surface area (Å²) in [5, 5.41) is 6.57. The minimum Gasteiger partial charge on any atom is -0.384 e. The number of nitrogens with one attached hydrogen (secondary N) is 2. The van der Waals surface area contributed by atoms with Crippen molar-refractivity contribution in [3.8, 4) is 0 Å². The summed E-state index contributed by atoms with van der Waals surface area (Å²) in [6.07, 6.45) is 5.35. The summed E-state index contributed by atoms with van der Waals surface area (Å²) in [5.41, 5.74) is 5.19. The van der Waals surface area contributed by atoms with E-state index >= 15 is 0 Å². The molecule has 3 aliphatic rings. The van der Waals surface area contributed by atoms with E-state index in [0.29, 0.717) is 6.04 Å². The van der Waals surface area contributed by atoms with Gasteiger partial charge in [-0.15, -0.1) is 11.8 Å². The number of rotatable bonds is 2. The van der Waals surface area contributed by atoms with Gasteiger partial charge in [0, 0.05) is 29.6 Å². The minimum absolute atomic E-state index is 0.111. The van der Waals surface area contributed by atoms with E-state index in [1.165, 1.54) is 22.4 Å². The lowest BCUT2D eigenvalue weighted by Gasteiger charge is -2.19. The summed E-state index contributed by atoms with van der Waals surface area (Å²) in [7, 11) is 0. The van der Waals surface area contributed by atoms with Crippen LogP contribution in [-0.2, 0) is 4.79 Å². The van der Waals surface area contributed by atoms with E-state index in [1.807, 2.05) is 0 Å². The van der Waals surface area contributed by atoms with Crippen LogP contribution in [0.2, 0.25) is 0 Å². The van der Waals surface area contributed by atoms with Gasteiger partial charge in [-0.3, -0.25) is 4.79 Å². The molecular formula is C17H18N2OS. The number of hydrogen-bond acceptors (Lipinski definition) is 3. The normalized spacial score (nSPS) is 20.7. The largest absolute Gasteiger partial charge is 0.384 e. The first-order chi connectivity index (χ1) is 10.3. The average molecular weight is 298 g/mol. The molecule has 0 spiro atoms. The van der Waals surface area contributed by atoms with Crippen LogP contribution in [0.1, 0.15) is 24.8 Å². The van der Waals surface area contributed by atoms with Gasteiger partial charge in [-0.25, -0.2) is 0 Å². The Hall–Kier alpha value is -1.68. The number of amides is 1. The first-order valence-electron chi connectivity index (χ1n) is 7.52. The van der Waals surface area contributed by atoms with Gasteiger partial charge in [0.2, 0.25) is 0 Å². The fourth-order valence-corrected chi connectivity index (χ4v) is 3.91. The Labute approximate surface area is 128 Å². The summed E-state index contributed by atoms with van der Waals surface area (Å²) in [6.45, 7) is 0.925. The molecule has 2 heterocycles. The van der Waals surface area contributed by atoms with E-state index in [-0.39, 0.29) is 5.91 Å². The Morgan fingerprint density at radius 2 is 2.14 bits per heavy atom. The van der Waals surface area contributed by atoms with Crippen LogP contribution < -0.4 is 10.6 Å². The first-order valence-corrected chi connectivity index (χ1v) is 8.50. The summed E-state index contributed by atoms with van der Waals surface area (Å²) in [5.74, 6) is 0.998. The van der Waals surface area contributed by atoms with Gasteiger partial charge in [0.25, 0.3) is 5.91 Å². The average Bonchev–Trinajstić information content (AvgIpc) is 3.32. The molecule has 1 amide bonds. The zero-order chi connectivity index (χ0) is 14.2. The second kappa shape index (κ2) is 5.26. The van der Waals surface area contributed by atoms with E-state index in [4.69, 9.17) is 0 Å². The first kappa shape index (κ1) is 13.0. The predicted molar refractivity (Wildman–Crippen MR) is 88.2 cm³/mol. The second-order valence-corrected chi connectivity index (χ2v) is 6.79. The Bertz CT molecular complexity index is 659. The van der Waals surface area contributed by atoms with E-state index in [9.17, 15) is 4.79 Å². The molecule has 21 heavy (non-hydrogen) atoms. The van der Waals surface area contributed by atoms with Crippen molar-refractivity contribution in [3.05, 3.63) is 46.4 Å². The quantitative estimate of drug-likeness (QED) is 0.881. The van der Waals surface area contributed by atoms with Crippen LogP contribution >= 0.6 is 11.8 Å². The van der Waals surface area contributed by atoms with Crippen molar-refractivity contribution >= 4 is 28.9 Å². The van der Waals surface area contributed by atoms with Gasteiger partial charge in [-0.1, -0.05) is 18.2 Å². The molecule has 0 radical (unpaired) electrons. The summed E-state index contributed by atoms with van der Waals surface area (Å²) < 4.78 is 0. The number of fused-ring (bicyclic) bond motifs is 2. The molecule has 1 fully saturated rings. The van der Waals surface area contributed by atoms with Crippen LogP contribution in [0, 0.1) is 0 Å². The molecule has 3 nitrogen and oxygen atoms in total. The molecule has 2 N–H and O–H groups in total. The number of hydrogen-bond donors (Lipinski definition) is 2. The lowest BCUT2D eigenvalue weighted by Crippen LogP contribution is -2.26. The molecule has 0 unspecified atom stereocenters. The molecule has 4 heteroatoms. The highest BCUT2D eigenvalue weighted by Crippen LogP contribution is 2.39. The maximum absolute atomic E-state index is 12.2. The Balaban J connectivity index is 1.67. The second-order valence-electron chi connectivity index (χ2n) is 5.77. The van der Waals surface area contributed by atoms with Crippen LogP contribution in [0.25, 0.3) is 5.57 Å². The van der Waals surface area contributed by atoms with Crippen molar-refractivity contribution in [2.75, 3.05) is 17.6 Å². The third-order valence-electron chi connectivity index (χ3n) is 4.16. The molecular weight excluding hydrogens is 280 g/mol. The van der Waals surface area contributed by atoms with Crippen molar-refractivity contribution in [2.45, 2.75) is 25.3 Å². The molecule has 1 aromatic carbocycles. The van der Waals surface area contributed by atoms with Crippen molar-refractivity contribution in [2.24, 2.45) is 0 Å². The topological polar surface area (TPSA) is 41.1 Å². The number of carbonyl (C=O) groups excluding carboxylic acids is 1. The highest BCUT2D eigenvalue weighted by atomic mass is 32.2. The molecule has 1 saturated carbocycles. The van der Waals surface area contributed by atoms with E-state index in [2.05, 4.69) is 41.0 Å². The zero-order valence-corrected chi connectivity index (χ0v) is 12.6. The predicted octanol–water partition coefficient (Wildman–Crippen LogP) is 3.17. The third kappa shape index (κ3) is 2.60. The van der Waals surface area contributed by atoms with Gasteiger partial charge in [-0.05, 0) is 42.6 Å². The maximum Gasteiger partial charge on any atom is 0.257 e. The molecule has 1 aromatic rings. The summed E-state index contributed by atoms with van der Waals surface area (Å²) in [6, 6.07) is 8.88. The Morgan fingerprint density at radius 1 is 1.29 bits per heavy atom. The van der Waals surface area contributed by atoms with Gasteiger partial charge in [-0.2, -0.15) is 0 Å². The fourth-order valence-electron chi connectivity index (χ4n) is 2.85. The van der Waals surface area contributed by atoms with E-state index in [0.717, 1.165) is 36.5 Å². The lowest BCUT2D eigenvalue weighted by molar-refractivity contribution is -0.116. The summed E-state index contributed by atoms with van der Waals surface area (Å²) in [4.78, 5) is 13.1. The number of allylic oxidation sites excluding steroid dienone is 1. The van der Waals surface area contributed by atoms with Crippen LogP contribution in [0.3, 0.4) is 0 Å². The maximum atomic E-state index is 12.2. The SMILES string of the molecule is O=C(NC1CC1)C1=CC2=C(CS1)c1ccccc1NCC2.